The average Bonchev–Trinajstić information content (AvgIpc) is 2.44. The first kappa shape index (κ1) is 16.2. The molecule has 1 rings (SSSR count). The summed E-state index contributed by atoms with van der Waals surface area (Å²) in [4.78, 5) is 16.2. The second-order valence-electron chi connectivity index (χ2n) is 4.64. The van der Waals surface area contributed by atoms with Gasteiger partial charge in [-0.1, -0.05) is 11.1 Å². The van der Waals surface area contributed by atoms with Crippen LogP contribution >= 0.6 is 0 Å². The Morgan fingerprint density at radius 3 is 2.60 bits per heavy atom. The van der Waals surface area contributed by atoms with E-state index in [1.807, 2.05) is 19.9 Å². The van der Waals surface area contributed by atoms with Gasteiger partial charge in [-0.25, -0.2) is 4.84 Å². The van der Waals surface area contributed by atoms with E-state index in [0.717, 1.165) is 16.9 Å². The second-order valence-corrected chi connectivity index (χ2v) is 4.64. The Hall–Kier alpha value is -1.89. The number of nitrogens with one attached hydrogen (secondary N) is 1. The SMILES string of the molecule is CO[NH2+]c1cc(C(N)=O)ccc1NC/C(C)=C(\C)CN. The molecule has 0 aliphatic carbocycles. The van der Waals surface area contributed by atoms with Crippen LogP contribution in [0, 0.1) is 0 Å². The van der Waals surface area contributed by atoms with E-state index in [-0.39, 0.29) is 0 Å². The van der Waals surface area contributed by atoms with E-state index in [4.69, 9.17) is 16.3 Å². The summed E-state index contributed by atoms with van der Waals surface area (Å²) < 4.78 is 0. The molecule has 0 heterocycles. The molecule has 0 radical (unpaired) electrons. The Labute approximate surface area is 119 Å². The Kier molecular flexibility index (Phi) is 6.17. The van der Waals surface area contributed by atoms with Crippen molar-refractivity contribution in [3.8, 4) is 0 Å². The van der Waals surface area contributed by atoms with Crippen LogP contribution in [0.1, 0.15) is 24.2 Å². The van der Waals surface area contributed by atoms with Crippen LogP contribution in [0.5, 0.6) is 0 Å². The van der Waals surface area contributed by atoms with Crippen molar-refractivity contribution in [3.05, 3.63) is 34.9 Å². The molecule has 20 heavy (non-hydrogen) atoms. The van der Waals surface area contributed by atoms with Gasteiger partial charge in [0.1, 0.15) is 0 Å². The normalized spacial score (nSPS) is 12.0. The number of nitrogens with two attached hydrogens (primary N) is 3. The lowest BCUT2D eigenvalue weighted by Gasteiger charge is -2.12. The number of quaternary nitrogens is 1. The van der Waals surface area contributed by atoms with Gasteiger partial charge in [-0.2, -0.15) is 5.48 Å². The highest BCUT2D eigenvalue weighted by Gasteiger charge is 2.11. The number of hydrogen-bond acceptors (Lipinski definition) is 4. The number of primary amides is 1. The van der Waals surface area contributed by atoms with Crippen molar-refractivity contribution in [3.63, 3.8) is 0 Å². The number of carbonyl (C=O) groups is 1. The second kappa shape index (κ2) is 7.64. The van der Waals surface area contributed by atoms with E-state index in [9.17, 15) is 4.79 Å². The van der Waals surface area contributed by atoms with Crippen LogP contribution in [0.25, 0.3) is 0 Å². The van der Waals surface area contributed by atoms with Crippen LogP contribution < -0.4 is 22.3 Å². The molecule has 0 unspecified atom stereocenters. The van der Waals surface area contributed by atoms with Crippen molar-refractivity contribution in [1.82, 2.24) is 0 Å². The number of hydrogen-bond donors (Lipinski definition) is 4. The summed E-state index contributed by atoms with van der Waals surface area (Å²) in [5, 5.41) is 3.30. The molecule has 0 aliphatic rings. The summed E-state index contributed by atoms with van der Waals surface area (Å²) in [6, 6.07) is 5.20. The first-order valence-electron chi connectivity index (χ1n) is 6.38. The lowest BCUT2D eigenvalue weighted by molar-refractivity contribution is -0.829. The first-order chi connectivity index (χ1) is 9.49. The van der Waals surface area contributed by atoms with Crippen molar-refractivity contribution in [2.24, 2.45) is 11.5 Å². The van der Waals surface area contributed by atoms with Gasteiger partial charge in [0, 0.05) is 24.7 Å². The first-order valence-corrected chi connectivity index (χ1v) is 6.38. The zero-order valence-electron chi connectivity index (χ0n) is 12.2. The summed E-state index contributed by atoms with van der Waals surface area (Å²) in [6.07, 6.45) is 0. The summed E-state index contributed by atoms with van der Waals surface area (Å²) in [6.45, 7) is 5.27. The molecule has 0 spiro atoms. The molecule has 110 valence electrons. The van der Waals surface area contributed by atoms with Gasteiger partial charge in [0.2, 0.25) is 5.91 Å². The molecule has 0 fully saturated rings. The summed E-state index contributed by atoms with van der Waals surface area (Å²) in [5.41, 5.74) is 16.9. The lowest BCUT2D eigenvalue weighted by Crippen LogP contribution is -2.76. The van der Waals surface area contributed by atoms with Crippen molar-refractivity contribution in [2.75, 3.05) is 25.5 Å². The molecule has 1 aromatic rings. The highest BCUT2D eigenvalue weighted by molar-refractivity contribution is 5.94. The van der Waals surface area contributed by atoms with Gasteiger partial charge in [0.25, 0.3) is 0 Å². The van der Waals surface area contributed by atoms with E-state index < -0.39 is 5.91 Å². The van der Waals surface area contributed by atoms with E-state index >= 15 is 0 Å². The molecular formula is C14H23N4O2+. The van der Waals surface area contributed by atoms with Gasteiger partial charge in [-0.05, 0) is 26.0 Å². The number of benzene rings is 1. The van der Waals surface area contributed by atoms with Crippen molar-refractivity contribution in [1.29, 1.82) is 0 Å². The third kappa shape index (κ3) is 4.34. The maximum atomic E-state index is 11.2. The number of rotatable bonds is 7. The van der Waals surface area contributed by atoms with Gasteiger partial charge in [0.15, 0.2) is 5.69 Å². The molecular weight excluding hydrogens is 256 g/mol. The standard InChI is InChI=1S/C14H22N4O2/c1-9(7-15)10(2)8-17-12-5-4-11(14(16)19)6-13(12)18-20-3/h4-6,17-18H,7-8,15H2,1-3H3,(H2,16,19)/p+1/b10-9+. The Morgan fingerprint density at radius 1 is 1.35 bits per heavy atom. The number of anilines is 1. The van der Waals surface area contributed by atoms with Gasteiger partial charge in [-0.15, -0.1) is 0 Å². The van der Waals surface area contributed by atoms with E-state index in [2.05, 4.69) is 5.32 Å². The highest BCUT2D eigenvalue weighted by Crippen LogP contribution is 2.19. The molecule has 7 N–H and O–H groups in total. The zero-order chi connectivity index (χ0) is 15.1. The number of carbonyl (C=O) groups excluding carboxylic acids is 1. The third-order valence-corrected chi connectivity index (χ3v) is 3.16. The van der Waals surface area contributed by atoms with Gasteiger partial charge < -0.3 is 16.8 Å². The topological polar surface area (TPSA) is 107 Å². The molecule has 0 aliphatic heterocycles. The maximum Gasteiger partial charge on any atom is 0.248 e. The quantitative estimate of drug-likeness (QED) is 0.326. The summed E-state index contributed by atoms with van der Waals surface area (Å²) >= 11 is 0. The Morgan fingerprint density at radius 2 is 2.05 bits per heavy atom. The van der Waals surface area contributed by atoms with Crippen molar-refractivity contribution in [2.45, 2.75) is 13.8 Å². The van der Waals surface area contributed by atoms with Crippen LogP contribution in [0.15, 0.2) is 29.3 Å². The Bertz CT molecular complexity index is 512. The molecule has 0 atom stereocenters. The minimum atomic E-state index is -0.461. The van der Waals surface area contributed by atoms with Crippen LogP contribution in [0.4, 0.5) is 11.4 Å². The van der Waals surface area contributed by atoms with Gasteiger partial charge >= 0.3 is 0 Å². The predicted molar refractivity (Wildman–Crippen MR) is 79.5 cm³/mol. The van der Waals surface area contributed by atoms with Crippen molar-refractivity contribution >= 4 is 17.3 Å². The average molecular weight is 279 g/mol. The third-order valence-electron chi connectivity index (χ3n) is 3.16. The van der Waals surface area contributed by atoms with Crippen LogP contribution in [-0.2, 0) is 4.84 Å². The molecule has 6 heteroatoms. The summed E-state index contributed by atoms with van der Waals surface area (Å²) in [5.74, 6) is -0.461. The molecule has 0 saturated heterocycles. The summed E-state index contributed by atoms with van der Waals surface area (Å²) in [7, 11) is 1.56. The smallest absolute Gasteiger partial charge is 0.248 e. The minimum absolute atomic E-state index is 0.448. The fourth-order valence-corrected chi connectivity index (χ4v) is 1.65. The van der Waals surface area contributed by atoms with Crippen LogP contribution in [0.2, 0.25) is 0 Å². The van der Waals surface area contributed by atoms with Crippen LogP contribution in [-0.4, -0.2) is 26.1 Å². The fraction of sp³-hybridized carbons (Fsp3) is 0.357. The highest BCUT2D eigenvalue weighted by atomic mass is 16.6. The van der Waals surface area contributed by atoms with Crippen LogP contribution in [0.3, 0.4) is 0 Å². The molecule has 0 bridgehead atoms. The van der Waals surface area contributed by atoms with E-state index in [1.165, 1.54) is 5.57 Å². The Balaban J connectivity index is 2.91. The van der Waals surface area contributed by atoms with Gasteiger partial charge in [0.05, 0.1) is 12.8 Å². The molecule has 1 amide bonds. The zero-order valence-corrected chi connectivity index (χ0v) is 12.2. The molecule has 1 aromatic carbocycles. The number of amides is 1. The fourth-order valence-electron chi connectivity index (χ4n) is 1.65. The molecule has 0 saturated carbocycles. The molecule has 6 nitrogen and oxygen atoms in total. The van der Waals surface area contributed by atoms with E-state index in [1.54, 1.807) is 24.7 Å². The molecule has 0 aromatic heterocycles. The lowest BCUT2D eigenvalue weighted by atomic mass is 10.1. The van der Waals surface area contributed by atoms with Crippen molar-refractivity contribution < 1.29 is 15.1 Å². The maximum absolute atomic E-state index is 11.2. The largest absolute Gasteiger partial charge is 0.376 e. The monoisotopic (exact) mass is 279 g/mol. The minimum Gasteiger partial charge on any atom is -0.376 e. The van der Waals surface area contributed by atoms with E-state index in [0.29, 0.717) is 18.7 Å². The predicted octanol–water partition coefficient (Wildman–Crippen LogP) is 0.249. The van der Waals surface area contributed by atoms with Gasteiger partial charge in [-0.3, -0.25) is 4.79 Å².